The Morgan fingerprint density at radius 3 is 2.52 bits per heavy atom. The lowest BCUT2D eigenvalue weighted by molar-refractivity contribution is -0.147. The molecule has 1 aliphatic heterocycles. The third-order valence-corrected chi connectivity index (χ3v) is 4.55. The maximum absolute atomic E-state index is 12.9. The monoisotopic (exact) mass is 385 g/mol. The number of amides is 1. The Kier molecular flexibility index (Phi) is 4.94. The second-order valence-corrected chi connectivity index (χ2v) is 6.19. The van der Waals surface area contributed by atoms with Gasteiger partial charge in [-0.15, -0.1) is 5.10 Å². The standard InChI is InChI=1S/C16H18F3N5O3/c1-22-14(16(17,18)19)21-24(15(22)26)10-5-8-23(9-6-10)13(25)11-4-3-7-20-12(11)27-2/h3-4,7,10H,5-6,8-9H2,1-2H3. The summed E-state index contributed by atoms with van der Waals surface area (Å²) in [5, 5.41) is 3.47. The number of likely N-dealkylation sites (tertiary alicyclic amines) is 1. The molecule has 0 saturated carbocycles. The van der Waals surface area contributed by atoms with Gasteiger partial charge in [0.1, 0.15) is 5.56 Å². The van der Waals surface area contributed by atoms with Crippen molar-refractivity contribution in [1.29, 1.82) is 0 Å². The van der Waals surface area contributed by atoms with Crippen LogP contribution >= 0.6 is 0 Å². The number of methoxy groups -OCH3 is 1. The number of aromatic nitrogens is 4. The van der Waals surface area contributed by atoms with Gasteiger partial charge in [0.25, 0.3) is 5.91 Å². The lowest BCUT2D eigenvalue weighted by atomic mass is 10.0. The minimum Gasteiger partial charge on any atom is -0.480 e. The van der Waals surface area contributed by atoms with E-state index >= 15 is 0 Å². The Morgan fingerprint density at radius 1 is 1.30 bits per heavy atom. The smallest absolute Gasteiger partial charge is 0.451 e. The molecule has 2 aromatic rings. The van der Waals surface area contributed by atoms with E-state index in [2.05, 4.69) is 10.1 Å². The fraction of sp³-hybridized carbons (Fsp3) is 0.500. The summed E-state index contributed by atoms with van der Waals surface area (Å²) in [6, 6.07) is 2.72. The van der Waals surface area contributed by atoms with E-state index in [-0.39, 0.29) is 24.9 Å². The molecule has 11 heteroatoms. The summed E-state index contributed by atoms with van der Waals surface area (Å²) >= 11 is 0. The van der Waals surface area contributed by atoms with E-state index in [1.165, 1.54) is 13.3 Å². The minimum absolute atomic E-state index is 0.209. The first kappa shape index (κ1) is 18.9. The molecule has 0 aliphatic carbocycles. The van der Waals surface area contributed by atoms with E-state index in [0.717, 1.165) is 11.7 Å². The quantitative estimate of drug-likeness (QED) is 0.799. The minimum atomic E-state index is -4.70. The molecule has 0 spiro atoms. The third-order valence-electron chi connectivity index (χ3n) is 4.55. The Balaban J connectivity index is 1.75. The average Bonchev–Trinajstić information content (AvgIpc) is 2.96. The van der Waals surface area contributed by atoms with Gasteiger partial charge in [0.2, 0.25) is 11.7 Å². The molecule has 3 heterocycles. The first-order chi connectivity index (χ1) is 12.7. The molecule has 3 rings (SSSR count). The van der Waals surface area contributed by atoms with Crippen LogP contribution in [-0.2, 0) is 13.2 Å². The van der Waals surface area contributed by atoms with Gasteiger partial charge in [-0.1, -0.05) is 0 Å². The predicted octanol–water partition coefficient (Wildman–Crippen LogP) is 1.48. The third kappa shape index (κ3) is 3.53. The van der Waals surface area contributed by atoms with Gasteiger partial charge in [-0.05, 0) is 25.0 Å². The van der Waals surface area contributed by atoms with Crippen LogP contribution in [0.15, 0.2) is 23.1 Å². The van der Waals surface area contributed by atoms with Gasteiger partial charge in [-0.2, -0.15) is 13.2 Å². The molecule has 0 aromatic carbocycles. The van der Waals surface area contributed by atoms with Gasteiger partial charge in [0, 0.05) is 26.3 Å². The van der Waals surface area contributed by atoms with Crippen LogP contribution in [0, 0.1) is 0 Å². The second-order valence-electron chi connectivity index (χ2n) is 6.19. The van der Waals surface area contributed by atoms with Gasteiger partial charge in [-0.25, -0.2) is 14.5 Å². The fourth-order valence-electron chi connectivity index (χ4n) is 3.14. The van der Waals surface area contributed by atoms with Crippen LogP contribution in [0.4, 0.5) is 13.2 Å². The number of carbonyl (C=O) groups is 1. The average molecular weight is 385 g/mol. The van der Waals surface area contributed by atoms with E-state index in [1.807, 2.05) is 0 Å². The van der Waals surface area contributed by atoms with Crippen molar-refractivity contribution in [2.24, 2.45) is 7.05 Å². The Hall–Kier alpha value is -2.85. The van der Waals surface area contributed by atoms with Crippen molar-refractivity contribution in [3.63, 3.8) is 0 Å². The predicted molar refractivity (Wildman–Crippen MR) is 87.4 cm³/mol. The maximum atomic E-state index is 12.9. The Morgan fingerprint density at radius 2 is 1.96 bits per heavy atom. The molecule has 8 nitrogen and oxygen atoms in total. The zero-order chi connectivity index (χ0) is 19.8. The van der Waals surface area contributed by atoms with E-state index in [4.69, 9.17) is 4.74 Å². The molecule has 2 aromatic heterocycles. The lowest BCUT2D eigenvalue weighted by Gasteiger charge is -2.31. The molecule has 1 aliphatic rings. The molecule has 0 N–H and O–H groups in total. The number of alkyl halides is 3. The van der Waals surface area contributed by atoms with Gasteiger partial charge >= 0.3 is 11.9 Å². The summed E-state index contributed by atoms with van der Waals surface area (Å²) in [6.45, 7) is 0.567. The molecule has 0 bridgehead atoms. The molecule has 0 atom stereocenters. The molecular weight excluding hydrogens is 367 g/mol. The summed E-state index contributed by atoms with van der Waals surface area (Å²) in [4.78, 5) is 30.3. The topological polar surface area (TPSA) is 82.2 Å². The van der Waals surface area contributed by atoms with Gasteiger partial charge in [0.05, 0.1) is 13.2 Å². The molecule has 0 unspecified atom stereocenters. The number of ether oxygens (including phenoxy) is 1. The normalized spacial score (nSPS) is 15.8. The molecule has 27 heavy (non-hydrogen) atoms. The van der Waals surface area contributed by atoms with Crippen LogP contribution in [0.25, 0.3) is 0 Å². The number of pyridine rings is 1. The Bertz CT molecular complexity index is 897. The summed E-state index contributed by atoms with van der Waals surface area (Å²) in [5.74, 6) is -1.30. The van der Waals surface area contributed by atoms with E-state index < -0.39 is 23.7 Å². The number of piperidine rings is 1. The summed E-state index contributed by atoms with van der Waals surface area (Å²) in [5.41, 5.74) is -0.506. The van der Waals surface area contributed by atoms with Crippen molar-refractivity contribution in [2.45, 2.75) is 25.1 Å². The van der Waals surface area contributed by atoms with Gasteiger partial charge in [-0.3, -0.25) is 9.36 Å². The molecule has 146 valence electrons. The summed E-state index contributed by atoms with van der Waals surface area (Å²) in [6.07, 6.45) is -2.55. The number of rotatable bonds is 3. The number of halogens is 3. The van der Waals surface area contributed by atoms with Crippen LogP contribution in [0.3, 0.4) is 0 Å². The highest BCUT2D eigenvalue weighted by molar-refractivity contribution is 5.96. The zero-order valence-corrected chi connectivity index (χ0v) is 14.7. The molecule has 1 amide bonds. The number of hydrogen-bond donors (Lipinski definition) is 0. The highest BCUT2D eigenvalue weighted by Crippen LogP contribution is 2.28. The van der Waals surface area contributed by atoms with Gasteiger partial charge < -0.3 is 9.64 Å². The molecule has 1 saturated heterocycles. The van der Waals surface area contributed by atoms with E-state index in [9.17, 15) is 22.8 Å². The van der Waals surface area contributed by atoms with Crippen molar-refractivity contribution in [1.82, 2.24) is 24.2 Å². The van der Waals surface area contributed by atoms with Crippen LogP contribution in [0.1, 0.15) is 35.1 Å². The second kappa shape index (κ2) is 7.05. The number of nitrogens with zero attached hydrogens (tertiary/aromatic N) is 5. The van der Waals surface area contributed by atoms with Crippen LogP contribution in [0.2, 0.25) is 0 Å². The first-order valence-corrected chi connectivity index (χ1v) is 8.25. The number of carbonyl (C=O) groups excluding carboxylic acids is 1. The fourth-order valence-corrected chi connectivity index (χ4v) is 3.14. The largest absolute Gasteiger partial charge is 0.480 e. The van der Waals surface area contributed by atoms with Crippen molar-refractivity contribution in [3.05, 3.63) is 40.2 Å². The summed E-state index contributed by atoms with van der Waals surface area (Å²) in [7, 11) is 2.46. The highest BCUT2D eigenvalue weighted by atomic mass is 19.4. The lowest BCUT2D eigenvalue weighted by Crippen LogP contribution is -2.41. The molecule has 0 radical (unpaired) electrons. The number of hydrogen-bond acceptors (Lipinski definition) is 5. The summed E-state index contributed by atoms with van der Waals surface area (Å²) < 4.78 is 45.2. The van der Waals surface area contributed by atoms with E-state index in [1.54, 1.807) is 17.0 Å². The van der Waals surface area contributed by atoms with Crippen molar-refractivity contribution in [2.75, 3.05) is 20.2 Å². The zero-order valence-electron chi connectivity index (χ0n) is 14.7. The van der Waals surface area contributed by atoms with Crippen LogP contribution < -0.4 is 10.4 Å². The van der Waals surface area contributed by atoms with E-state index in [0.29, 0.717) is 23.0 Å². The van der Waals surface area contributed by atoms with Crippen molar-refractivity contribution >= 4 is 5.91 Å². The maximum Gasteiger partial charge on any atom is 0.451 e. The SMILES string of the molecule is COc1ncccc1C(=O)N1CCC(n2nc(C(F)(F)F)n(C)c2=O)CC1. The van der Waals surface area contributed by atoms with Gasteiger partial charge in [0.15, 0.2) is 0 Å². The first-order valence-electron chi connectivity index (χ1n) is 8.25. The molecule has 1 fully saturated rings. The molecular formula is C16H18F3N5O3. The van der Waals surface area contributed by atoms with Crippen LogP contribution in [-0.4, -0.2) is 50.3 Å². The van der Waals surface area contributed by atoms with Crippen molar-refractivity contribution < 1.29 is 22.7 Å². The van der Waals surface area contributed by atoms with Crippen molar-refractivity contribution in [3.8, 4) is 5.88 Å². The van der Waals surface area contributed by atoms with Crippen LogP contribution in [0.5, 0.6) is 5.88 Å². The Labute approximate surface area is 152 Å². The highest BCUT2D eigenvalue weighted by Gasteiger charge is 2.39.